The highest BCUT2D eigenvalue weighted by molar-refractivity contribution is 5.90. The van der Waals surface area contributed by atoms with Crippen LogP contribution in [0.15, 0.2) is 24.3 Å². The molecular formula is C19H24FN5O2. The first kappa shape index (κ1) is 19.0. The fraction of sp³-hybridized carbons (Fsp3) is 0.421. The fourth-order valence-corrected chi connectivity index (χ4v) is 3.33. The summed E-state index contributed by atoms with van der Waals surface area (Å²) < 4.78 is 15.0. The van der Waals surface area contributed by atoms with Gasteiger partial charge in [0, 0.05) is 30.3 Å². The Balaban J connectivity index is 1.66. The highest BCUT2D eigenvalue weighted by atomic mass is 19.1. The Hall–Kier alpha value is -2.74. The van der Waals surface area contributed by atoms with E-state index < -0.39 is 12.1 Å². The van der Waals surface area contributed by atoms with Crippen LogP contribution < -0.4 is 16.0 Å². The van der Waals surface area contributed by atoms with Crippen LogP contribution in [0.4, 0.5) is 10.1 Å². The van der Waals surface area contributed by atoms with Crippen molar-refractivity contribution in [2.75, 3.05) is 5.32 Å². The second-order valence-electron chi connectivity index (χ2n) is 6.89. The molecule has 7 nitrogen and oxygen atoms in total. The van der Waals surface area contributed by atoms with E-state index in [0.717, 1.165) is 17.0 Å². The lowest BCUT2D eigenvalue weighted by Gasteiger charge is -2.30. The van der Waals surface area contributed by atoms with Crippen molar-refractivity contribution in [1.82, 2.24) is 20.4 Å². The van der Waals surface area contributed by atoms with Gasteiger partial charge < -0.3 is 10.6 Å². The zero-order valence-corrected chi connectivity index (χ0v) is 15.7. The predicted molar refractivity (Wildman–Crippen MR) is 99.4 cm³/mol. The number of rotatable bonds is 5. The maximum atomic E-state index is 13.2. The monoisotopic (exact) mass is 373 g/mol. The first-order valence-electron chi connectivity index (χ1n) is 8.99. The molecule has 27 heavy (non-hydrogen) atoms. The Morgan fingerprint density at radius 1 is 1.41 bits per heavy atom. The molecule has 2 aromatic rings. The summed E-state index contributed by atoms with van der Waals surface area (Å²) in [5.41, 5.74) is 3.13. The number of aryl methyl sites for hydroxylation is 1. The SMILES string of the molecule is Cc1nn(C2NC(=O)CC(C)N2)c(C)c1CCC(=O)Nc1cccc(F)c1. The maximum absolute atomic E-state index is 13.2. The summed E-state index contributed by atoms with van der Waals surface area (Å²) in [7, 11) is 0. The van der Waals surface area contributed by atoms with Crippen molar-refractivity contribution >= 4 is 17.5 Å². The van der Waals surface area contributed by atoms with E-state index in [2.05, 4.69) is 21.0 Å². The van der Waals surface area contributed by atoms with Crippen LogP contribution in [0.1, 0.15) is 43.0 Å². The number of carbonyl (C=O) groups is 2. The van der Waals surface area contributed by atoms with E-state index in [9.17, 15) is 14.0 Å². The molecule has 1 aromatic heterocycles. The summed E-state index contributed by atoms with van der Waals surface area (Å²) in [6.07, 6.45) is 0.803. The molecular weight excluding hydrogens is 349 g/mol. The van der Waals surface area contributed by atoms with E-state index in [-0.39, 0.29) is 24.3 Å². The standard InChI is InChI=1S/C19H24FN5O2/c1-11-9-18(27)23-19(21-11)25-13(3)16(12(2)24-25)7-8-17(26)22-15-6-4-5-14(20)10-15/h4-6,10-11,19,21H,7-9H2,1-3H3,(H,22,26)(H,23,27). The predicted octanol–water partition coefficient (Wildman–Crippen LogP) is 2.16. The molecule has 0 bridgehead atoms. The van der Waals surface area contributed by atoms with Crippen LogP contribution in [0, 0.1) is 19.7 Å². The number of halogens is 1. The number of nitrogens with one attached hydrogen (secondary N) is 3. The third-order valence-electron chi connectivity index (χ3n) is 4.66. The Kier molecular flexibility index (Phi) is 5.55. The highest BCUT2D eigenvalue weighted by Gasteiger charge is 2.26. The molecule has 2 unspecified atom stereocenters. The third-order valence-corrected chi connectivity index (χ3v) is 4.66. The number of aromatic nitrogens is 2. The minimum Gasteiger partial charge on any atom is -0.326 e. The normalized spacial score (nSPS) is 19.6. The van der Waals surface area contributed by atoms with Crippen LogP contribution in [0.25, 0.3) is 0 Å². The molecule has 0 aliphatic carbocycles. The topological polar surface area (TPSA) is 88.1 Å². The van der Waals surface area contributed by atoms with E-state index in [1.54, 1.807) is 16.8 Å². The molecule has 2 atom stereocenters. The van der Waals surface area contributed by atoms with E-state index in [1.165, 1.54) is 12.1 Å². The van der Waals surface area contributed by atoms with Crippen molar-refractivity contribution in [2.45, 2.75) is 52.4 Å². The highest BCUT2D eigenvalue weighted by Crippen LogP contribution is 2.20. The van der Waals surface area contributed by atoms with Gasteiger partial charge in [0.25, 0.3) is 0 Å². The Labute approximate surface area is 157 Å². The van der Waals surface area contributed by atoms with Gasteiger partial charge in [0.1, 0.15) is 5.82 Å². The first-order valence-corrected chi connectivity index (χ1v) is 8.99. The number of hydrogen-bond acceptors (Lipinski definition) is 4. The van der Waals surface area contributed by atoms with Gasteiger partial charge in [0.15, 0.2) is 6.29 Å². The van der Waals surface area contributed by atoms with Gasteiger partial charge in [-0.05, 0) is 51.0 Å². The molecule has 8 heteroatoms. The van der Waals surface area contributed by atoms with Gasteiger partial charge in [-0.1, -0.05) is 6.07 Å². The molecule has 144 valence electrons. The zero-order chi connectivity index (χ0) is 19.6. The quantitative estimate of drug-likeness (QED) is 0.749. The van der Waals surface area contributed by atoms with Gasteiger partial charge >= 0.3 is 0 Å². The molecule has 1 aliphatic rings. The molecule has 0 spiro atoms. The van der Waals surface area contributed by atoms with Crippen LogP contribution >= 0.6 is 0 Å². The van der Waals surface area contributed by atoms with Crippen LogP contribution in [-0.2, 0) is 16.0 Å². The zero-order valence-electron chi connectivity index (χ0n) is 15.7. The Morgan fingerprint density at radius 3 is 2.89 bits per heavy atom. The maximum Gasteiger partial charge on any atom is 0.224 e. The van der Waals surface area contributed by atoms with Gasteiger partial charge in [-0.15, -0.1) is 0 Å². The smallest absolute Gasteiger partial charge is 0.224 e. The van der Waals surface area contributed by atoms with Crippen molar-refractivity contribution in [1.29, 1.82) is 0 Å². The number of carbonyl (C=O) groups excluding carboxylic acids is 2. The summed E-state index contributed by atoms with van der Waals surface area (Å²) >= 11 is 0. The lowest BCUT2D eigenvalue weighted by molar-refractivity contribution is -0.125. The molecule has 1 aliphatic heterocycles. The Morgan fingerprint density at radius 2 is 2.19 bits per heavy atom. The summed E-state index contributed by atoms with van der Waals surface area (Å²) in [4.78, 5) is 24.0. The van der Waals surface area contributed by atoms with Crippen molar-refractivity contribution in [3.63, 3.8) is 0 Å². The van der Waals surface area contributed by atoms with Crippen LogP contribution in [0.3, 0.4) is 0 Å². The van der Waals surface area contributed by atoms with Gasteiger partial charge in [0.05, 0.1) is 5.69 Å². The van der Waals surface area contributed by atoms with Gasteiger partial charge in [-0.25, -0.2) is 9.07 Å². The molecule has 2 heterocycles. The van der Waals surface area contributed by atoms with Crippen molar-refractivity contribution in [2.24, 2.45) is 0 Å². The van der Waals surface area contributed by atoms with Crippen LogP contribution in [0.5, 0.6) is 0 Å². The van der Waals surface area contributed by atoms with Crippen molar-refractivity contribution < 1.29 is 14.0 Å². The largest absolute Gasteiger partial charge is 0.326 e. The van der Waals surface area contributed by atoms with E-state index in [4.69, 9.17) is 0 Å². The van der Waals surface area contributed by atoms with Crippen LogP contribution in [0.2, 0.25) is 0 Å². The molecule has 3 N–H and O–H groups in total. The summed E-state index contributed by atoms with van der Waals surface area (Å²) in [6, 6.07) is 5.87. The summed E-state index contributed by atoms with van der Waals surface area (Å²) in [6.45, 7) is 5.76. The van der Waals surface area contributed by atoms with Gasteiger partial charge in [-0.3, -0.25) is 14.9 Å². The number of amides is 2. The van der Waals surface area contributed by atoms with Crippen LogP contribution in [-0.4, -0.2) is 27.6 Å². The van der Waals surface area contributed by atoms with E-state index >= 15 is 0 Å². The number of hydrogen-bond donors (Lipinski definition) is 3. The number of nitrogens with zero attached hydrogens (tertiary/aromatic N) is 2. The molecule has 1 saturated heterocycles. The molecule has 2 amide bonds. The van der Waals surface area contributed by atoms with E-state index in [0.29, 0.717) is 18.5 Å². The van der Waals surface area contributed by atoms with Crippen molar-refractivity contribution in [3.05, 3.63) is 47.0 Å². The summed E-state index contributed by atoms with van der Waals surface area (Å²) in [5.74, 6) is -0.600. The lowest BCUT2D eigenvalue weighted by atomic mass is 10.1. The minimum absolute atomic E-state index is 0.0187. The number of anilines is 1. The van der Waals surface area contributed by atoms with Gasteiger partial charge in [0.2, 0.25) is 11.8 Å². The average molecular weight is 373 g/mol. The van der Waals surface area contributed by atoms with Crippen molar-refractivity contribution in [3.8, 4) is 0 Å². The second kappa shape index (κ2) is 7.87. The fourth-order valence-electron chi connectivity index (χ4n) is 3.33. The lowest BCUT2D eigenvalue weighted by Crippen LogP contribution is -2.52. The first-order chi connectivity index (χ1) is 12.8. The average Bonchev–Trinajstić information content (AvgIpc) is 2.86. The second-order valence-corrected chi connectivity index (χ2v) is 6.89. The molecule has 1 aromatic carbocycles. The molecule has 1 fully saturated rings. The minimum atomic E-state index is -0.394. The third kappa shape index (κ3) is 4.51. The molecule has 3 rings (SSSR count). The van der Waals surface area contributed by atoms with Gasteiger partial charge in [-0.2, -0.15) is 5.10 Å². The Bertz CT molecular complexity index is 864. The molecule has 0 radical (unpaired) electrons. The van der Waals surface area contributed by atoms with E-state index in [1.807, 2.05) is 20.8 Å². The number of benzene rings is 1. The summed E-state index contributed by atoms with van der Waals surface area (Å²) in [5, 5.41) is 13.4. The molecule has 0 saturated carbocycles.